The van der Waals surface area contributed by atoms with E-state index >= 15 is 0 Å². The number of hydrogen-bond donors (Lipinski definition) is 2. The van der Waals surface area contributed by atoms with E-state index in [-0.39, 0.29) is 12.0 Å². The van der Waals surface area contributed by atoms with Gasteiger partial charge in [-0.2, -0.15) is 18.3 Å². The van der Waals surface area contributed by atoms with Crippen LogP contribution in [0.15, 0.2) is 72.9 Å². The molecule has 1 aliphatic heterocycles. The summed E-state index contributed by atoms with van der Waals surface area (Å²) < 4.78 is 40.5. The van der Waals surface area contributed by atoms with Crippen LogP contribution >= 0.6 is 0 Å². The van der Waals surface area contributed by atoms with Crippen molar-refractivity contribution >= 4 is 5.82 Å². The van der Waals surface area contributed by atoms with Crippen LogP contribution in [0.25, 0.3) is 22.4 Å². The maximum absolute atomic E-state index is 13.5. The first kappa shape index (κ1) is 24.9. The van der Waals surface area contributed by atoms with Gasteiger partial charge in [0.15, 0.2) is 0 Å². The van der Waals surface area contributed by atoms with Crippen molar-refractivity contribution in [1.29, 1.82) is 0 Å². The number of rotatable bonds is 6. The second kappa shape index (κ2) is 10.3. The maximum Gasteiger partial charge on any atom is 0.416 e. The molecule has 2 unspecified atom stereocenters. The molecule has 0 aliphatic carbocycles. The molecule has 2 aromatic carbocycles. The minimum Gasteiger partial charge on any atom is -0.364 e. The molecule has 5 rings (SSSR count). The minimum absolute atomic E-state index is 0.0173. The number of aromatic nitrogens is 3. The first-order valence-electron chi connectivity index (χ1n) is 12.3. The van der Waals surface area contributed by atoms with E-state index < -0.39 is 11.7 Å². The summed E-state index contributed by atoms with van der Waals surface area (Å²) in [5, 5.41) is 15.8. The molecule has 0 bridgehead atoms. The van der Waals surface area contributed by atoms with E-state index in [9.17, 15) is 13.2 Å². The van der Waals surface area contributed by atoms with E-state index in [4.69, 9.17) is 0 Å². The third-order valence-corrected chi connectivity index (χ3v) is 6.88. The van der Waals surface area contributed by atoms with Crippen molar-refractivity contribution in [3.63, 3.8) is 0 Å². The Labute approximate surface area is 214 Å². The van der Waals surface area contributed by atoms with Crippen LogP contribution in [0.4, 0.5) is 19.0 Å². The standard InChI is InChI=1S/C29H28F3N5/c1-18-26(21-12-14-34-25(16-21)35-19(2)20-7-4-3-5-8-20)28(37-36-27(18)23-11-13-33-17-23)22-9-6-10-24(15-22)29(30,31)32/h3-10,12,14-16,19,23,33H,11,13,17H2,1-2H3,(H,34,35). The van der Waals surface area contributed by atoms with Crippen molar-refractivity contribution in [2.75, 3.05) is 18.4 Å². The Balaban J connectivity index is 1.60. The number of anilines is 1. The van der Waals surface area contributed by atoms with Gasteiger partial charge in [-0.25, -0.2) is 4.98 Å². The summed E-state index contributed by atoms with van der Waals surface area (Å²) in [6.07, 6.45) is -1.80. The lowest BCUT2D eigenvalue weighted by Crippen LogP contribution is -2.12. The first-order chi connectivity index (χ1) is 17.8. The Morgan fingerprint density at radius 3 is 2.51 bits per heavy atom. The van der Waals surface area contributed by atoms with Crippen molar-refractivity contribution in [2.45, 2.75) is 38.4 Å². The highest BCUT2D eigenvalue weighted by atomic mass is 19.4. The zero-order valence-electron chi connectivity index (χ0n) is 20.7. The van der Waals surface area contributed by atoms with Crippen molar-refractivity contribution in [2.24, 2.45) is 0 Å². The van der Waals surface area contributed by atoms with Gasteiger partial charge in [-0.15, -0.1) is 5.10 Å². The minimum atomic E-state index is -4.45. The van der Waals surface area contributed by atoms with Crippen molar-refractivity contribution < 1.29 is 13.2 Å². The normalized spacial score (nSPS) is 16.5. The van der Waals surface area contributed by atoms with Crippen LogP contribution in [-0.2, 0) is 6.18 Å². The number of nitrogens with one attached hydrogen (secondary N) is 2. The van der Waals surface area contributed by atoms with Gasteiger partial charge in [0, 0.05) is 35.8 Å². The Morgan fingerprint density at radius 2 is 1.78 bits per heavy atom. The zero-order chi connectivity index (χ0) is 26.0. The van der Waals surface area contributed by atoms with Gasteiger partial charge in [-0.05, 0) is 67.8 Å². The SMILES string of the molecule is Cc1c(C2CCNC2)nnc(-c2cccc(C(F)(F)F)c2)c1-c1ccnc(NC(C)c2ccccc2)c1. The number of nitrogens with zero attached hydrogens (tertiary/aromatic N) is 3. The second-order valence-electron chi connectivity index (χ2n) is 9.41. The Bertz CT molecular complexity index is 1380. The van der Waals surface area contributed by atoms with Crippen molar-refractivity contribution in [3.05, 3.63) is 95.3 Å². The molecule has 1 fully saturated rings. The largest absolute Gasteiger partial charge is 0.416 e. The number of pyridine rings is 1. The van der Waals surface area contributed by atoms with Crippen LogP contribution in [-0.4, -0.2) is 28.3 Å². The fraction of sp³-hybridized carbons (Fsp3) is 0.276. The fourth-order valence-corrected chi connectivity index (χ4v) is 4.92. The second-order valence-corrected chi connectivity index (χ2v) is 9.41. The smallest absolute Gasteiger partial charge is 0.364 e. The van der Waals surface area contributed by atoms with Gasteiger partial charge < -0.3 is 10.6 Å². The monoisotopic (exact) mass is 503 g/mol. The summed E-state index contributed by atoms with van der Waals surface area (Å²) in [6.45, 7) is 5.74. The Morgan fingerprint density at radius 1 is 0.973 bits per heavy atom. The summed E-state index contributed by atoms with van der Waals surface area (Å²) >= 11 is 0. The molecule has 37 heavy (non-hydrogen) atoms. The Hall–Kier alpha value is -3.78. The van der Waals surface area contributed by atoms with Crippen LogP contribution in [0.5, 0.6) is 0 Å². The average molecular weight is 504 g/mol. The van der Waals surface area contributed by atoms with E-state index in [2.05, 4.69) is 32.7 Å². The van der Waals surface area contributed by atoms with Gasteiger partial charge in [0.25, 0.3) is 0 Å². The zero-order valence-corrected chi connectivity index (χ0v) is 20.7. The maximum atomic E-state index is 13.5. The van der Waals surface area contributed by atoms with E-state index in [0.717, 1.165) is 59.6 Å². The van der Waals surface area contributed by atoms with Gasteiger partial charge in [-0.3, -0.25) is 0 Å². The molecule has 3 heterocycles. The molecule has 1 saturated heterocycles. The molecule has 5 nitrogen and oxygen atoms in total. The third-order valence-electron chi connectivity index (χ3n) is 6.88. The van der Waals surface area contributed by atoms with Crippen molar-refractivity contribution in [3.8, 4) is 22.4 Å². The molecular formula is C29H28F3N5. The van der Waals surface area contributed by atoms with Gasteiger partial charge in [-0.1, -0.05) is 42.5 Å². The molecule has 2 atom stereocenters. The molecule has 0 saturated carbocycles. The van der Waals surface area contributed by atoms with E-state index in [1.165, 1.54) is 6.07 Å². The molecule has 8 heteroatoms. The highest BCUT2D eigenvalue weighted by Crippen LogP contribution is 2.39. The molecule has 2 N–H and O–H groups in total. The molecule has 1 aliphatic rings. The number of halogens is 3. The van der Waals surface area contributed by atoms with Gasteiger partial charge in [0.1, 0.15) is 11.5 Å². The van der Waals surface area contributed by atoms with Gasteiger partial charge in [0.05, 0.1) is 11.3 Å². The summed E-state index contributed by atoms with van der Waals surface area (Å²) in [5.74, 6) is 0.878. The average Bonchev–Trinajstić information content (AvgIpc) is 3.43. The fourth-order valence-electron chi connectivity index (χ4n) is 4.92. The summed E-state index contributed by atoms with van der Waals surface area (Å²) in [6, 6.07) is 19.1. The van der Waals surface area contributed by atoms with Gasteiger partial charge >= 0.3 is 6.18 Å². The molecule has 0 amide bonds. The number of hydrogen-bond acceptors (Lipinski definition) is 5. The predicted octanol–water partition coefficient (Wildman–Crippen LogP) is 6.78. The van der Waals surface area contributed by atoms with E-state index in [0.29, 0.717) is 17.1 Å². The van der Waals surface area contributed by atoms with Crippen LogP contribution in [0.2, 0.25) is 0 Å². The molecule has 0 spiro atoms. The highest BCUT2D eigenvalue weighted by molar-refractivity contribution is 5.84. The summed E-state index contributed by atoms with van der Waals surface area (Å²) in [4.78, 5) is 4.50. The van der Waals surface area contributed by atoms with E-state index in [1.54, 1.807) is 12.3 Å². The van der Waals surface area contributed by atoms with Crippen LogP contribution in [0, 0.1) is 6.92 Å². The molecule has 190 valence electrons. The Kier molecular flexibility index (Phi) is 6.93. The van der Waals surface area contributed by atoms with Crippen LogP contribution < -0.4 is 10.6 Å². The topological polar surface area (TPSA) is 62.7 Å². The predicted molar refractivity (Wildman–Crippen MR) is 139 cm³/mol. The van der Waals surface area contributed by atoms with Gasteiger partial charge in [0.2, 0.25) is 0 Å². The highest BCUT2D eigenvalue weighted by Gasteiger charge is 2.31. The first-order valence-corrected chi connectivity index (χ1v) is 12.3. The van der Waals surface area contributed by atoms with E-state index in [1.807, 2.05) is 49.4 Å². The van der Waals surface area contributed by atoms with Crippen LogP contribution in [0.1, 0.15) is 47.7 Å². The lowest BCUT2D eigenvalue weighted by Gasteiger charge is -2.19. The lowest BCUT2D eigenvalue weighted by molar-refractivity contribution is -0.137. The molecule has 2 aromatic heterocycles. The quantitative estimate of drug-likeness (QED) is 0.304. The summed E-state index contributed by atoms with van der Waals surface area (Å²) in [5.41, 5.74) is 4.60. The third kappa shape index (κ3) is 5.34. The molecule has 0 radical (unpaired) electrons. The summed E-state index contributed by atoms with van der Waals surface area (Å²) in [7, 11) is 0. The molecule has 4 aromatic rings. The lowest BCUT2D eigenvalue weighted by atomic mass is 9.91. The van der Waals surface area contributed by atoms with Crippen molar-refractivity contribution in [1.82, 2.24) is 20.5 Å². The molecular weight excluding hydrogens is 475 g/mol. The number of benzene rings is 2. The number of alkyl halides is 3. The van der Waals surface area contributed by atoms with Crippen LogP contribution in [0.3, 0.4) is 0 Å².